The Kier molecular flexibility index (Phi) is 4.40. The Balaban J connectivity index is 2.20. The van der Waals surface area contributed by atoms with Crippen molar-refractivity contribution in [2.24, 2.45) is 0 Å². The van der Waals surface area contributed by atoms with Crippen molar-refractivity contribution in [2.45, 2.75) is 13.3 Å². The van der Waals surface area contributed by atoms with E-state index >= 15 is 0 Å². The first-order valence-electron chi connectivity index (χ1n) is 6.24. The van der Waals surface area contributed by atoms with E-state index in [0.29, 0.717) is 23.8 Å². The van der Waals surface area contributed by atoms with E-state index in [2.05, 4.69) is 0 Å². The fourth-order valence-corrected chi connectivity index (χ4v) is 1.64. The molecule has 0 radical (unpaired) electrons. The number of halogens is 2. The maximum Gasteiger partial charge on any atom is 0.145 e. The summed E-state index contributed by atoms with van der Waals surface area (Å²) in [7, 11) is 0. The lowest BCUT2D eigenvalue weighted by molar-refractivity contribution is 0.317. The summed E-state index contributed by atoms with van der Waals surface area (Å²) in [6.07, 6.45) is 0.847. The predicted molar refractivity (Wildman–Crippen MR) is 73.1 cm³/mol. The van der Waals surface area contributed by atoms with E-state index in [1.807, 2.05) is 6.92 Å². The van der Waals surface area contributed by atoms with Gasteiger partial charge in [-0.3, -0.25) is 0 Å². The molecule has 0 unspecified atom stereocenters. The first-order valence-corrected chi connectivity index (χ1v) is 6.24. The second-order valence-electron chi connectivity index (χ2n) is 4.26. The predicted octanol–water partition coefficient (Wildman–Crippen LogP) is 4.13. The molecule has 2 aromatic rings. The Bertz CT molecular complexity index is 582. The van der Waals surface area contributed by atoms with Gasteiger partial charge >= 0.3 is 0 Å². The summed E-state index contributed by atoms with van der Waals surface area (Å²) in [6.45, 7) is 2.51. The van der Waals surface area contributed by atoms with E-state index in [1.54, 1.807) is 18.2 Å². The average Bonchev–Trinajstić information content (AvgIpc) is 2.38. The lowest BCUT2D eigenvalue weighted by Gasteiger charge is -2.11. The maximum absolute atomic E-state index is 13.1. The number of nitrogens with two attached hydrogens (primary N) is 1. The lowest BCUT2D eigenvalue weighted by atomic mass is 10.2. The Morgan fingerprint density at radius 1 is 1.00 bits per heavy atom. The topological polar surface area (TPSA) is 44.5 Å². The molecule has 0 amide bonds. The molecule has 0 spiro atoms. The van der Waals surface area contributed by atoms with Crippen molar-refractivity contribution in [2.75, 3.05) is 12.3 Å². The summed E-state index contributed by atoms with van der Waals surface area (Å²) >= 11 is 0. The minimum Gasteiger partial charge on any atom is -0.491 e. The zero-order chi connectivity index (χ0) is 14.5. The highest BCUT2D eigenvalue weighted by Gasteiger charge is 2.06. The van der Waals surface area contributed by atoms with E-state index < -0.39 is 11.6 Å². The first kappa shape index (κ1) is 14.1. The summed E-state index contributed by atoms with van der Waals surface area (Å²) in [4.78, 5) is 0. The van der Waals surface area contributed by atoms with E-state index in [4.69, 9.17) is 15.2 Å². The summed E-state index contributed by atoms with van der Waals surface area (Å²) < 4.78 is 37.0. The lowest BCUT2D eigenvalue weighted by Crippen LogP contribution is -1.99. The summed E-state index contributed by atoms with van der Waals surface area (Å²) in [5.74, 6) is -0.430. The van der Waals surface area contributed by atoms with Gasteiger partial charge in [0.2, 0.25) is 0 Å². The van der Waals surface area contributed by atoms with Crippen molar-refractivity contribution in [3.05, 3.63) is 48.0 Å². The first-order chi connectivity index (χ1) is 9.58. The van der Waals surface area contributed by atoms with Crippen LogP contribution in [0.15, 0.2) is 36.4 Å². The molecule has 0 saturated carbocycles. The molecule has 2 rings (SSSR count). The Labute approximate surface area is 115 Å². The highest BCUT2D eigenvalue weighted by Crippen LogP contribution is 2.30. The van der Waals surface area contributed by atoms with Crippen LogP contribution < -0.4 is 15.2 Å². The zero-order valence-electron chi connectivity index (χ0n) is 11.0. The van der Waals surface area contributed by atoms with Crippen LogP contribution in [0.2, 0.25) is 0 Å². The summed E-state index contributed by atoms with van der Waals surface area (Å²) in [5, 5.41) is 0. The van der Waals surface area contributed by atoms with E-state index in [9.17, 15) is 8.78 Å². The molecule has 0 heterocycles. The highest BCUT2D eigenvalue weighted by atomic mass is 19.1. The van der Waals surface area contributed by atoms with Gasteiger partial charge in [-0.15, -0.1) is 0 Å². The van der Waals surface area contributed by atoms with Crippen LogP contribution in [-0.2, 0) is 0 Å². The van der Waals surface area contributed by atoms with Gasteiger partial charge in [0.05, 0.1) is 12.3 Å². The van der Waals surface area contributed by atoms with Gasteiger partial charge in [0.1, 0.15) is 28.9 Å². The second kappa shape index (κ2) is 6.23. The Hall–Kier alpha value is -2.30. The molecule has 0 aromatic heterocycles. The van der Waals surface area contributed by atoms with Crippen LogP contribution in [0.1, 0.15) is 13.3 Å². The summed E-state index contributed by atoms with van der Waals surface area (Å²) in [5.41, 5.74) is 6.25. The molecule has 20 heavy (non-hydrogen) atoms. The van der Waals surface area contributed by atoms with Crippen LogP contribution in [0.3, 0.4) is 0 Å². The molecule has 2 N–H and O–H groups in total. The van der Waals surface area contributed by atoms with Crippen LogP contribution in [0, 0.1) is 11.6 Å². The number of rotatable bonds is 5. The molecule has 0 aliphatic rings. The largest absolute Gasteiger partial charge is 0.491 e. The molecule has 106 valence electrons. The van der Waals surface area contributed by atoms with Crippen molar-refractivity contribution < 1.29 is 18.3 Å². The molecule has 2 aromatic carbocycles. The molecule has 0 aliphatic heterocycles. The molecular weight excluding hydrogens is 264 g/mol. The number of benzene rings is 2. The van der Waals surface area contributed by atoms with Gasteiger partial charge < -0.3 is 15.2 Å². The molecule has 5 heteroatoms. The number of ether oxygens (including phenoxy) is 2. The fraction of sp³-hybridized carbons (Fsp3) is 0.200. The molecule has 0 saturated heterocycles. The minimum atomic E-state index is -0.696. The third-order valence-corrected chi connectivity index (χ3v) is 2.52. The summed E-state index contributed by atoms with van der Waals surface area (Å²) in [6, 6.07) is 7.81. The van der Waals surface area contributed by atoms with Crippen molar-refractivity contribution in [1.29, 1.82) is 0 Å². The van der Waals surface area contributed by atoms with Gasteiger partial charge in [-0.1, -0.05) is 6.92 Å². The Morgan fingerprint density at radius 2 is 1.70 bits per heavy atom. The molecule has 0 fully saturated rings. The normalized spacial score (nSPS) is 10.3. The minimum absolute atomic E-state index is 0.0775. The van der Waals surface area contributed by atoms with E-state index in [1.165, 1.54) is 0 Å². The van der Waals surface area contributed by atoms with E-state index in [-0.39, 0.29) is 5.75 Å². The SMILES string of the molecule is CCCOc1cc(Oc2cc(F)cc(F)c2)ccc1N. The molecule has 0 aliphatic carbocycles. The van der Waals surface area contributed by atoms with Crippen molar-refractivity contribution in [3.8, 4) is 17.2 Å². The van der Waals surface area contributed by atoms with Gasteiger partial charge in [0.25, 0.3) is 0 Å². The molecule has 3 nitrogen and oxygen atoms in total. The van der Waals surface area contributed by atoms with Gasteiger partial charge in [-0.05, 0) is 18.6 Å². The van der Waals surface area contributed by atoms with Crippen LogP contribution in [0.4, 0.5) is 14.5 Å². The zero-order valence-corrected chi connectivity index (χ0v) is 11.0. The van der Waals surface area contributed by atoms with Gasteiger partial charge in [-0.2, -0.15) is 0 Å². The molecule has 0 bridgehead atoms. The maximum atomic E-state index is 13.1. The third-order valence-electron chi connectivity index (χ3n) is 2.52. The van der Waals surface area contributed by atoms with Crippen molar-refractivity contribution in [3.63, 3.8) is 0 Å². The number of hydrogen-bond donors (Lipinski definition) is 1. The average molecular weight is 279 g/mol. The molecular formula is C15H15F2NO2. The van der Waals surface area contributed by atoms with Crippen LogP contribution in [0.25, 0.3) is 0 Å². The number of hydrogen-bond acceptors (Lipinski definition) is 3. The standard InChI is InChI=1S/C15H15F2NO2/c1-2-5-19-15-9-12(3-4-14(15)18)20-13-7-10(16)6-11(17)8-13/h3-4,6-9H,2,5,18H2,1H3. The number of anilines is 1. The monoisotopic (exact) mass is 279 g/mol. The van der Waals surface area contributed by atoms with Crippen molar-refractivity contribution in [1.82, 2.24) is 0 Å². The van der Waals surface area contributed by atoms with Crippen LogP contribution >= 0.6 is 0 Å². The number of nitrogen functional groups attached to an aromatic ring is 1. The highest BCUT2D eigenvalue weighted by molar-refractivity contribution is 5.56. The van der Waals surface area contributed by atoms with Crippen LogP contribution in [-0.4, -0.2) is 6.61 Å². The van der Waals surface area contributed by atoms with Crippen molar-refractivity contribution >= 4 is 5.69 Å². The smallest absolute Gasteiger partial charge is 0.145 e. The quantitative estimate of drug-likeness (QED) is 0.837. The third kappa shape index (κ3) is 3.60. The Morgan fingerprint density at radius 3 is 2.35 bits per heavy atom. The second-order valence-corrected chi connectivity index (χ2v) is 4.26. The molecule has 0 atom stereocenters. The van der Waals surface area contributed by atoms with E-state index in [0.717, 1.165) is 24.6 Å². The van der Waals surface area contributed by atoms with Gasteiger partial charge in [0, 0.05) is 24.3 Å². The van der Waals surface area contributed by atoms with Gasteiger partial charge in [-0.25, -0.2) is 8.78 Å². The fourth-order valence-electron chi connectivity index (χ4n) is 1.64. The van der Waals surface area contributed by atoms with Crippen LogP contribution in [0.5, 0.6) is 17.2 Å². The van der Waals surface area contributed by atoms with Gasteiger partial charge in [0.15, 0.2) is 0 Å².